The van der Waals surface area contributed by atoms with Crippen LogP contribution >= 0.6 is 0 Å². The van der Waals surface area contributed by atoms with Crippen molar-refractivity contribution in [3.63, 3.8) is 0 Å². The Hall–Kier alpha value is -1.71. The van der Waals surface area contributed by atoms with Gasteiger partial charge in [0, 0.05) is 5.39 Å². The van der Waals surface area contributed by atoms with Gasteiger partial charge in [0.2, 0.25) is 0 Å². The largest absolute Gasteiger partial charge is 0.384 e. The molecule has 0 atom stereocenters. The third kappa shape index (κ3) is 0.980. The molecule has 4 heteroatoms. The molecular formula is C7H6N4. The minimum atomic E-state index is 0.505. The summed E-state index contributed by atoms with van der Waals surface area (Å²) < 4.78 is 0. The monoisotopic (exact) mass is 146 g/mol. The first-order valence-corrected chi connectivity index (χ1v) is 3.19. The fourth-order valence-electron chi connectivity index (χ4n) is 0.898. The molecule has 54 valence electrons. The van der Waals surface area contributed by atoms with Crippen LogP contribution in [0.3, 0.4) is 0 Å². The van der Waals surface area contributed by atoms with E-state index in [2.05, 4.69) is 15.2 Å². The number of nitrogen functional groups attached to an aromatic ring is 1. The fourth-order valence-corrected chi connectivity index (χ4v) is 0.898. The summed E-state index contributed by atoms with van der Waals surface area (Å²) in [4.78, 5) is 4.05. The summed E-state index contributed by atoms with van der Waals surface area (Å²) in [5, 5.41) is 8.35. The maximum Gasteiger partial charge on any atom is 0.124 e. The second kappa shape index (κ2) is 2.16. The maximum atomic E-state index is 5.46. The highest BCUT2D eigenvalue weighted by atomic mass is 15.1. The average Bonchev–Trinajstić information content (AvgIpc) is 2.04. The molecule has 0 aromatic carbocycles. The number of pyridine rings is 1. The number of anilines is 1. The summed E-state index contributed by atoms with van der Waals surface area (Å²) in [6, 6.07) is 3.61. The van der Waals surface area contributed by atoms with Crippen molar-refractivity contribution in [1.29, 1.82) is 0 Å². The maximum absolute atomic E-state index is 5.46. The van der Waals surface area contributed by atoms with Gasteiger partial charge in [-0.15, -0.1) is 0 Å². The van der Waals surface area contributed by atoms with Crippen LogP contribution in [-0.4, -0.2) is 15.2 Å². The number of aromatic nitrogens is 3. The number of rotatable bonds is 0. The van der Waals surface area contributed by atoms with Crippen LogP contribution in [0, 0.1) is 0 Å². The molecule has 11 heavy (non-hydrogen) atoms. The molecule has 0 fully saturated rings. The van der Waals surface area contributed by atoms with E-state index in [-0.39, 0.29) is 0 Å². The fraction of sp³-hybridized carbons (Fsp3) is 0. The van der Waals surface area contributed by atoms with Crippen molar-refractivity contribution >= 4 is 16.7 Å². The molecule has 2 aromatic heterocycles. The van der Waals surface area contributed by atoms with Gasteiger partial charge in [0.15, 0.2) is 0 Å². The van der Waals surface area contributed by atoms with Gasteiger partial charge in [-0.2, -0.15) is 10.2 Å². The van der Waals surface area contributed by atoms with Crippen molar-refractivity contribution in [2.24, 2.45) is 0 Å². The van der Waals surface area contributed by atoms with Gasteiger partial charge in [0.1, 0.15) is 5.82 Å². The van der Waals surface area contributed by atoms with Crippen LogP contribution in [0.5, 0.6) is 0 Å². The van der Waals surface area contributed by atoms with Crippen LogP contribution in [0.15, 0.2) is 24.5 Å². The van der Waals surface area contributed by atoms with E-state index in [1.54, 1.807) is 18.5 Å². The van der Waals surface area contributed by atoms with E-state index >= 15 is 0 Å². The quantitative estimate of drug-likeness (QED) is 0.591. The first kappa shape index (κ1) is 6.03. The van der Waals surface area contributed by atoms with Gasteiger partial charge in [-0.25, -0.2) is 4.98 Å². The summed E-state index contributed by atoms with van der Waals surface area (Å²) in [5.41, 5.74) is 6.24. The highest BCUT2D eigenvalue weighted by Crippen LogP contribution is 2.09. The topological polar surface area (TPSA) is 64.7 Å². The standard InChI is InChI=1S/C7H6N4/c8-7-2-1-5-3-9-10-4-6(5)11-7/h1-4H,(H2,8,11). The lowest BCUT2D eigenvalue weighted by atomic mass is 10.3. The molecule has 0 saturated heterocycles. The predicted molar refractivity (Wildman–Crippen MR) is 41.7 cm³/mol. The van der Waals surface area contributed by atoms with Crippen molar-refractivity contribution in [3.8, 4) is 0 Å². The van der Waals surface area contributed by atoms with Crippen molar-refractivity contribution in [3.05, 3.63) is 24.5 Å². The lowest BCUT2D eigenvalue weighted by molar-refractivity contribution is 1.04. The Bertz CT molecular complexity index is 385. The summed E-state index contributed by atoms with van der Waals surface area (Å²) in [7, 11) is 0. The predicted octanol–water partition coefficient (Wildman–Crippen LogP) is 0.607. The van der Waals surface area contributed by atoms with Gasteiger partial charge in [0.25, 0.3) is 0 Å². The first-order chi connectivity index (χ1) is 5.36. The molecular weight excluding hydrogens is 140 g/mol. The van der Waals surface area contributed by atoms with E-state index < -0.39 is 0 Å². The Labute approximate surface area is 63.1 Å². The van der Waals surface area contributed by atoms with E-state index in [1.165, 1.54) is 0 Å². The first-order valence-electron chi connectivity index (χ1n) is 3.19. The molecule has 0 amide bonds. The third-order valence-corrected chi connectivity index (χ3v) is 1.42. The van der Waals surface area contributed by atoms with Gasteiger partial charge >= 0.3 is 0 Å². The molecule has 0 unspecified atom stereocenters. The summed E-state index contributed by atoms with van der Waals surface area (Å²) in [5.74, 6) is 0.505. The lowest BCUT2D eigenvalue weighted by Gasteiger charge is -1.94. The Balaban J connectivity index is 2.83. The number of hydrogen-bond donors (Lipinski definition) is 1. The zero-order valence-electron chi connectivity index (χ0n) is 5.73. The molecule has 0 radical (unpaired) electrons. The van der Waals surface area contributed by atoms with Gasteiger partial charge in [-0.3, -0.25) is 0 Å². The zero-order chi connectivity index (χ0) is 7.68. The SMILES string of the molecule is Nc1ccc2cnncc2n1. The van der Waals surface area contributed by atoms with Gasteiger partial charge in [-0.05, 0) is 12.1 Å². The van der Waals surface area contributed by atoms with Gasteiger partial charge in [0.05, 0.1) is 17.9 Å². The number of fused-ring (bicyclic) bond motifs is 1. The Morgan fingerprint density at radius 1 is 1.09 bits per heavy atom. The van der Waals surface area contributed by atoms with Crippen molar-refractivity contribution in [2.75, 3.05) is 5.73 Å². The molecule has 2 heterocycles. The lowest BCUT2D eigenvalue weighted by Crippen LogP contribution is -1.90. The normalized spacial score (nSPS) is 10.2. The zero-order valence-corrected chi connectivity index (χ0v) is 5.73. The van der Waals surface area contributed by atoms with Crippen LogP contribution in [0.1, 0.15) is 0 Å². The Morgan fingerprint density at radius 3 is 2.82 bits per heavy atom. The molecule has 2 N–H and O–H groups in total. The second-order valence-electron chi connectivity index (χ2n) is 2.20. The molecule has 2 rings (SSSR count). The average molecular weight is 146 g/mol. The molecule has 0 saturated carbocycles. The minimum absolute atomic E-state index is 0.505. The van der Waals surface area contributed by atoms with Gasteiger partial charge in [-0.1, -0.05) is 0 Å². The summed E-state index contributed by atoms with van der Waals surface area (Å²) in [6.45, 7) is 0. The van der Waals surface area contributed by atoms with E-state index in [0.29, 0.717) is 5.82 Å². The van der Waals surface area contributed by atoms with Crippen LogP contribution in [0.4, 0.5) is 5.82 Å². The van der Waals surface area contributed by atoms with Crippen LogP contribution in [0.25, 0.3) is 10.9 Å². The number of hydrogen-bond acceptors (Lipinski definition) is 4. The molecule has 0 aliphatic heterocycles. The molecule has 0 aliphatic carbocycles. The third-order valence-electron chi connectivity index (χ3n) is 1.42. The van der Waals surface area contributed by atoms with Crippen LogP contribution < -0.4 is 5.73 Å². The Kier molecular flexibility index (Phi) is 1.18. The van der Waals surface area contributed by atoms with E-state index in [4.69, 9.17) is 5.73 Å². The van der Waals surface area contributed by atoms with Crippen molar-refractivity contribution < 1.29 is 0 Å². The minimum Gasteiger partial charge on any atom is -0.384 e. The molecule has 0 spiro atoms. The Morgan fingerprint density at radius 2 is 1.91 bits per heavy atom. The van der Waals surface area contributed by atoms with Crippen LogP contribution in [0.2, 0.25) is 0 Å². The second-order valence-corrected chi connectivity index (χ2v) is 2.20. The molecule has 4 nitrogen and oxygen atoms in total. The highest BCUT2D eigenvalue weighted by molar-refractivity contribution is 5.77. The van der Waals surface area contributed by atoms with Crippen molar-refractivity contribution in [1.82, 2.24) is 15.2 Å². The summed E-state index contributed by atoms with van der Waals surface area (Å²) in [6.07, 6.45) is 3.24. The molecule has 2 aromatic rings. The number of nitrogens with two attached hydrogens (primary N) is 1. The summed E-state index contributed by atoms with van der Waals surface area (Å²) >= 11 is 0. The van der Waals surface area contributed by atoms with Crippen LogP contribution in [-0.2, 0) is 0 Å². The van der Waals surface area contributed by atoms with Gasteiger partial charge < -0.3 is 5.73 Å². The smallest absolute Gasteiger partial charge is 0.124 e. The van der Waals surface area contributed by atoms with Crippen molar-refractivity contribution in [2.45, 2.75) is 0 Å². The number of nitrogens with zero attached hydrogens (tertiary/aromatic N) is 3. The van der Waals surface area contributed by atoms with E-state index in [0.717, 1.165) is 10.9 Å². The van der Waals surface area contributed by atoms with E-state index in [9.17, 15) is 0 Å². The molecule has 0 aliphatic rings. The highest BCUT2D eigenvalue weighted by Gasteiger charge is 1.93. The van der Waals surface area contributed by atoms with E-state index in [1.807, 2.05) is 6.07 Å². The molecule has 0 bridgehead atoms.